The molecule has 25 heavy (non-hydrogen) atoms. The zero-order chi connectivity index (χ0) is 17.9. The van der Waals surface area contributed by atoms with Crippen LogP contribution in [0.3, 0.4) is 0 Å². The summed E-state index contributed by atoms with van der Waals surface area (Å²) in [5.74, 6) is 0.738. The first-order valence-electron chi connectivity index (χ1n) is 9.04. The molecule has 2 aromatic carbocycles. The number of amides is 1. The average molecular weight is 340 g/mol. The molecule has 4 nitrogen and oxygen atoms in total. The van der Waals surface area contributed by atoms with Crippen molar-refractivity contribution < 1.29 is 9.53 Å². The van der Waals surface area contributed by atoms with Crippen LogP contribution in [0.4, 0.5) is 11.4 Å². The molecule has 1 amide bonds. The SMILES string of the molecule is CCCCCCCOc1cccc(NC(=O)Cc2ccc(N)cc2)c1. The lowest BCUT2D eigenvalue weighted by Gasteiger charge is -2.09. The topological polar surface area (TPSA) is 64.3 Å². The minimum atomic E-state index is -0.0542. The number of rotatable bonds is 10. The van der Waals surface area contributed by atoms with Crippen molar-refractivity contribution in [3.05, 3.63) is 54.1 Å². The Morgan fingerprint density at radius 1 is 1.04 bits per heavy atom. The predicted octanol–water partition coefficient (Wildman–Crippen LogP) is 4.80. The highest BCUT2D eigenvalue weighted by atomic mass is 16.5. The highest BCUT2D eigenvalue weighted by Crippen LogP contribution is 2.18. The number of unbranched alkanes of at least 4 members (excludes halogenated alkanes) is 4. The van der Waals surface area contributed by atoms with Crippen molar-refractivity contribution in [2.24, 2.45) is 0 Å². The van der Waals surface area contributed by atoms with E-state index >= 15 is 0 Å². The number of nitrogens with two attached hydrogens (primary N) is 1. The molecule has 0 saturated heterocycles. The van der Waals surface area contributed by atoms with E-state index in [0.717, 1.165) is 23.4 Å². The Morgan fingerprint density at radius 2 is 1.80 bits per heavy atom. The monoisotopic (exact) mass is 340 g/mol. The number of nitrogen functional groups attached to an aromatic ring is 1. The van der Waals surface area contributed by atoms with Crippen LogP contribution >= 0.6 is 0 Å². The summed E-state index contributed by atoms with van der Waals surface area (Å²) < 4.78 is 5.77. The van der Waals surface area contributed by atoms with Gasteiger partial charge in [0, 0.05) is 17.4 Å². The van der Waals surface area contributed by atoms with Crippen LogP contribution in [0, 0.1) is 0 Å². The molecule has 0 heterocycles. The number of anilines is 2. The van der Waals surface area contributed by atoms with Gasteiger partial charge in [0.15, 0.2) is 0 Å². The fourth-order valence-corrected chi connectivity index (χ4v) is 2.59. The third kappa shape index (κ3) is 7.29. The molecule has 2 rings (SSSR count). The maximum Gasteiger partial charge on any atom is 0.228 e. The largest absolute Gasteiger partial charge is 0.494 e. The van der Waals surface area contributed by atoms with Gasteiger partial charge in [0.1, 0.15) is 5.75 Å². The standard InChI is InChI=1S/C21H28N2O2/c1-2-3-4-5-6-14-25-20-9-7-8-19(16-20)23-21(24)15-17-10-12-18(22)13-11-17/h7-13,16H,2-6,14-15,22H2,1H3,(H,23,24). The lowest BCUT2D eigenvalue weighted by molar-refractivity contribution is -0.115. The molecule has 2 aromatic rings. The number of ether oxygens (including phenoxy) is 1. The Kier molecular flexibility index (Phi) is 7.83. The molecule has 0 aliphatic rings. The Labute approximate surface area is 150 Å². The molecule has 0 aromatic heterocycles. The number of hydrogen-bond donors (Lipinski definition) is 2. The highest BCUT2D eigenvalue weighted by molar-refractivity contribution is 5.92. The van der Waals surface area contributed by atoms with E-state index in [4.69, 9.17) is 10.5 Å². The second kappa shape index (κ2) is 10.4. The van der Waals surface area contributed by atoms with Crippen molar-refractivity contribution in [1.82, 2.24) is 0 Å². The molecule has 0 unspecified atom stereocenters. The molecule has 3 N–H and O–H groups in total. The first-order chi connectivity index (χ1) is 12.2. The predicted molar refractivity (Wildman–Crippen MR) is 104 cm³/mol. The first kappa shape index (κ1) is 18.8. The molecule has 134 valence electrons. The fraction of sp³-hybridized carbons (Fsp3) is 0.381. The van der Waals surface area contributed by atoms with Crippen LogP contribution < -0.4 is 15.8 Å². The normalized spacial score (nSPS) is 10.4. The van der Waals surface area contributed by atoms with Gasteiger partial charge in [-0.3, -0.25) is 4.79 Å². The summed E-state index contributed by atoms with van der Waals surface area (Å²) in [6.45, 7) is 2.93. The van der Waals surface area contributed by atoms with E-state index in [9.17, 15) is 4.79 Å². The van der Waals surface area contributed by atoms with E-state index in [1.165, 1.54) is 25.7 Å². The van der Waals surface area contributed by atoms with Gasteiger partial charge in [0.2, 0.25) is 5.91 Å². The Hall–Kier alpha value is -2.49. The van der Waals surface area contributed by atoms with Gasteiger partial charge in [0.25, 0.3) is 0 Å². The van der Waals surface area contributed by atoms with Crippen LogP contribution in [-0.2, 0) is 11.2 Å². The Morgan fingerprint density at radius 3 is 2.56 bits per heavy atom. The van der Waals surface area contributed by atoms with Crippen LogP contribution in [0.5, 0.6) is 5.75 Å². The van der Waals surface area contributed by atoms with Crippen molar-refractivity contribution in [3.8, 4) is 5.75 Å². The summed E-state index contributed by atoms with van der Waals surface area (Å²) in [6.07, 6.45) is 6.39. The molecular weight excluding hydrogens is 312 g/mol. The van der Waals surface area contributed by atoms with Crippen molar-refractivity contribution in [2.75, 3.05) is 17.7 Å². The van der Waals surface area contributed by atoms with Crippen LogP contribution in [0.15, 0.2) is 48.5 Å². The van der Waals surface area contributed by atoms with Gasteiger partial charge in [-0.05, 0) is 36.2 Å². The second-order valence-electron chi connectivity index (χ2n) is 6.26. The average Bonchev–Trinajstić information content (AvgIpc) is 2.60. The minimum absolute atomic E-state index is 0.0542. The third-order valence-electron chi connectivity index (χ3n) is 3.98. The van der Waals surface area contributed by atoms with Gasteiger partial charge in [-0.1, -0.05) is 50.8 Å². The molecule has 4 heteroatoms. The summed E-state index contributed by atoms with van der Waals surface area (Å²) >= 11 is 0. The van der Waals surface area contributed by atoms with E-state index in [0.29, 0.717) is 18.7 Å². The lowest BCUT2D eigenvalue weighted by atomic mass is 10.1. The molecule has 0 atom stereocenters. The van der Waals surface area contributed by atoms with Crippen molar-refractivity contribution in [1.29, 1.82) is 0 Å². The Balaban J connectivity index is 1.78. The molecule has 0 bridgehead atoms. The number of nitrogens with one attached hydrogen (secondary N) is 1. The number of hydrogen-bond acceptors (Lipinski definition) is 3. The number of carbonyl (C=O) groups is 1. The maximum absolute atomic E-state index is 12.2. The van der Waals surface area contributed by atoms with E-state index in [1.54, 1.807) is 12.1 Å². The minimum Gasteiger partial charge on any atom is -0.494 e. The second-order valence-corrected chi connectivity index (χ2v) is 6.26. The molecule has 0 radical (unpaired) electrons. The van der Waals surface area contributed by atoms with Crippen molar-refractivity contribution in [3.63, 3.8) is 0 Å². The molecular formula is C21H28N2O2. The summed E-state index contributed by atoms with van der Waals surface area (Å²) in [4.78, 5) is 12.2. The summed E-state index contributed by atoms with van der Waals surface area (Å²) in [6, 6.07) is 14.9. The number of carbonyl (C=O) groups excluding carboxylic acids is 1. The van der Waals surface area contributed by atoms with Crippen molar-refractivity contribution in [2.45, 2.75) is 45.4 Å². The zero-order valence-electron chi connectivity index (χ0n) is 15.0. The zero-order valence-corrected chi connectivity index (χ0v) is 15.0. The van der Waals surface area contributed by atoms with Crippen molar-refractivity contribution >= 4 is 17.3 Å². The lowest BCUT2D eigenvalue weighted by Crippen LogP contribution is -2.14. The van der Waals surface area contributed by atoms with E-state index < -0.39 is 0 Å². The summed E-state index contributed by atoms with van der Waals surface area (Å²) in [5.41, 5.74) is 8.04. The van der Waals surface area contributed by atoms with Crippen LogP contribution in [-0.4, -0.2) is 12.5 Å². The molecule has 0 saturated carbocycles. The van der Waals surface area contributed by atoms with Gasteiger partial charge in [-0.25, -0.2) is 0 Å². The van der Waals surface area contributed by atoms with Gasteiger partial charge in [-0.15, -0.1) is 0 Å². The smallest absolute Gasteiger partial charge is 0.228 e. The van der Waals surface area contributed by atoms with Gasteiger partial charge >= 0.3 is 0 Å². The van der Waals surface area contributed by atoms with E-state index in [2.05, 4.69) is 12.2 Å². The maximum atomic E-state index is 12.2. The van der Waals surface area contributed by atoms with Crippen LogP contribution in [0.25, 0.3) is 0 Å². The molecule has 0 spiro atoms. The van der Waals surface area contributed by atoms with E-state index in [-0.39, 0.29) is 5.91 Å². The number of benzene rings is 2. The van der Waals surface area contributed by atoms with Gasteiger partial charge in [-0.2, -0.15) is 0 Å². The van der Waals surface area contributed by atoms with Crippen LogP contribution in [0.2, 0.25) is 0 Å². The van der Waals surface area contributed by atoms with Gasteiger partial charge < -0.3 is 15.8 Å². The molecule has 0 aliphatic carbocycles. The Bertz CT molecular complexity index is 653. The molecule has 0 aliphatic heterocycles. The quantitative estimate of drug-likeness (QED) is 0.482. The summed E-state index contributed by atoms with van der Waals surface area (Å²) in [5, 5.41) is 2.91. The third-order valence-corrected chi connectivity index (χ3v) is 3.98. The van der Waals surface area contributed by atoms with Gasteiger partial charge in [0.05, 0.1) is 13.0 Å². The highest BCUT2D eigenvalue weighted by Gasteiger charge is 2.05. The fourth-order valence-electron chi connectivity index (χ4n) is 2.59. The molecule has 0 fully saturated rings. The van der Waals surface area contributed by atoms with E-state index in [1.807, 2.05) is 36.4 Å². The van der Waals surface area contributed by atoms with Crippen LogP contribution in [0.1, 0.15) is 44.6 Å². The first-order valence-corrected chi connectivity index (χ1v) is 9.04. The summed E-state index contributed by atoms with van der Waals surface area (Å²) in [7, 11) is 0.